The molecule has 4 aromatic heterocycles. The lowest BCUT2D eigenvalue weighted by Gasteiger charge is -2.25. The van der Waals surface area contributed by atoms with Crippen LogP contribution in [0.3, 0.4) is 0 Å². The Morgan fingerprint density at radius 2 is 1.79 bits per heavy atom. The Labute approximate surface area is 221 Å². The largest absolute Gasteiger partial charge is 0.481 e. The molecule has 4 rings (SSSR count). The fourth-order valence-corrected chi connectivity index (χ4v) is 5.33. The molecule has 0 radical (unpaired) electrons. The maximum Gasteiger partial charge on any atom is 0.213 e. The molecule has 0 saturated carbocycles. The van der Waals surface area contributed by atoms with Crippen molar-refractivity contribution in [2.24, 2.45) is 0 Å². The van der Waals surface area contributed by atoms with E-state index in [2.05, 4.69) is 30.3 Å². The minimum Gasteiger partial charge on any atom is -0.481 e. The number of pyridine rings is 1. The number of hydrogen-bond donors (Lipinski definition) is 0. The van der Waals surface area contributed by atoms with Crippen molar-refractivity contribution in [2.45, 2.75) is 63.9 Å². The Hall–Kier alpha value is -3.71. The summed E-state index contributed by atoms with van der Waals surface area (Å²) < 4.78 is 45.6. The molecule has 0 bridgehead atoms. The van der Waals surface area contributed by atoms with E-state index >= 15 is 0 Å². The highest BCUT2D eigenvalue weighted by Gasteiger charge is 2.36. The molecule has 0 saturated heterocycles. The number of rotatable bonds is 11. The predicted molar refractivity (Wildman–Crippen MR) is 138 cm³/mol. The SMILES string of the molecule is COc1cccc(-c2nnc(CS(=O)(=O)[C@@H](C)[C@@H](OC(C)C)c3ncc(C)cn3)n2[C@H](C)c2ccon2)n1. The number of methoxy groups -OCH3 is 1. The van der Waals surface area contributed by atoms with Crippen LogP contribution in [-0.4, -0.2) is 61.8 Å². The number of hydrogen-bond acceptors (Lipinski definition) is 11. The minimum atomic E-state index is -3.84. The first-order valence-corrected chi connectivity index (χ1v) is 13.8. The third-order valence-corrected chi connectivity index (χ3v) is 8.04. The second-order valence-electron chi connectivity index (χ2n) is 9.21. The molecule has 38 heavy (non-hydrogen) atoms. The summed E-state index contributed by atoms with van der Waals surface area (Å²) in [5.41, 5.74) is 1.91. The van der Waals surface area contributed by atoms with E-state index in [1.54, 1.807) is 48.1 Å². The molecule has 0 fully saturated rings. The molecule has 0 aromatic carbocycles. The normalized spacial score (nSPS) is 14.4. The van der Waals surface area contributed by atoms with Crippen LogP contribution >= 0.6 is 0 Å². The van der Waals surface area contributed by atoms with Crippen LogP contribution in [0.5, 0.6) is 5.88 Å². The number of ether oxygens (including phenoxy) is 2. The van der Waals surface area contributed by atoms with Gasteiger partial charge in [0.25, 0.3) is 0 Å². The lowest BCUT2D eigenvalue weighted by atomic mass is 10.2. The summed E-state index contributed by atoms with van der Waals surface area (Å²) in [5, 5.41) is 11.7. The van der Waals surface area contributed by atoms with Crippen molar-refractivity contribution in [1.29, 1.82) is 0 Å². The highest BCUT2D eigenvalue weighted by atomic mass is 32.2. The van der Waals surface area contributed by atoms with Gasteiger partial charge in [0.05, 0.1) is 24.5 Å². The van der Waals surface area contributed by atoms with E-state index in [-0.39, 0.29) is 11.9 Å². The molecule has 4 aromatic rings. The van der Waals surface area contributed by atoms with Crippen molar-refractivity contribution >= 4 is 9.84 Å². The van der Waals surface area contributed by atoms with E-state index < -0.39 is 33.0 Å². The van der Waals surface area contributed by atoms with Gasteiger partial charge in [-0.1, -0.05) is 11.2 Å². The standard InChI is InChI=1S/C25H31N7O5S/c1-15(2)37-23(24-26-12-16(3)13-27-24)18(5)38(33,34)14-21-29-30-25(20-8-7-9-22(28-20)35-6)32(21)17(4)19-10-11-36-31-19/h7-13,15,17-18,23H,14H2,1-6H3/t17-,18+,23-/m1/s1. The molecule has 13 heteroatoms. The van der Waals surface area contributed by atoms with Crippen LogP contribution in [0.2, 0.25) is 0 Å². The van der Waals surface area contributed by atoms with Gasteiger partial charge in [-0.15, -0.1) is 10.2 Å². The minimum absolute atomic E-state index is 0.222. The fourth-order valence-electron chi connectivity index (χ4n) is 3.95. The van der Waals surface area contributed by atoms with E-state index in [1.807, 2.05) is 27.7 Å². The summed E-state index contributed by atoms with van der Waals surface area (Å²) >= 11 is 0. The average Bonchev–Trinajstić information content (AvgIpc) is 3.57. The number of aryl methyl sites for hydroxylation is 1. The summed E-state index contributed by atoms with van der Waals surface area (Å²) in [6, 6.07) is 6.49. The Morgan fingerprint density at radius 3 is 2.42 bits per heavy atom. The monoisotopic (exact) mass is 541 g/mol. The van der Waals surface area contributed by atoms with Gasteiger partial charge in [0.2, 0.25) is 5.88 Å². The molecule has 0 aliphatic rings. The lowest BCUT2D eigenvalue weighted by molar-refractivity contribution is 0.00140. The quantitative estimate of drug-likeness (QED) is 0.275. The second-order valence-corrected chi connectivity index (χ2v) is 11.6. The van der Waals surface area contributed by atoms with Crippen molar-refractivity contribution < 1.29 is 22.4 Å². The molecule has 0 unspecified atom stereocenters. The maximum atomic E-state index is 13.8. The van der Waals surface area contributed by atoms with Crippen LogP contribution < -0.4 is 4.74 Å². The van der Waals surface area contributed by atoms with E-state index in [0.717, 1.165) is 5.56 Å². The van der Waals surface area contributed by atoms with Crippen LogP contribution in [-0.2, 0) is 20.3 Å². The highest BCUT2D eigenvalue weighted by molar-refractivity contribution is 7.91. The lowest BCUT2D eigenvalue weighted by Crippen LogP contribution is -2.32. The first-order chi connectivity index (χ1) is 18.1. The Bertz CT molecular complexity index is 1450. The van der Waals surface area contributed by atoms with E-state index in [0.29, 0.717) is 28.9 Å². The van der Waals surface area contributed by atoms with Gasteiger partial charge in [-0.2, -0.15) is 0 Å². The van der Waals surface area contributed by atoms with Gasteiger partial charge in [-0.3, -0.25) is 4.57 Å². The molecule has 0 N–H and O–H groups in total. The summed E-state index contributed by atoms with van der Waals surface area (Å²) in [7, 11) is -2.32. The molecule has 4 heterocycles. The number of aromatic nitrogens is 7. The first kappa shape index (κ1) is 27.3. The smallest absolute Gasteiger partial charge is 0.213 e. The maximum absolute atomic E-state index is 13.8. The molecule has 0 aliphatic carbocycles. The molecule has 3 atom stereocenters. The Morgan fingerprint density at radius 1 is 1.05 bits per heavy atom. The number of sulfone groups is 1. The van der Waals surface area contributed by atoms with Gasteiger partial charge in [0, 0.05) is 24.5 Å². The fraction of sp³-hybridized carbons (Fsp3) is 0.440. The van der Waals surface area contributed by atoms with Crippen molar-refractivity contribution in [1.82, 2.24) is 34.9 Å². The first-order valence-electron chi connectivity index (χ1n) is 12.1. The van der Waals surface area contributed by atoms with E-state index in [9.17, 15) is 8.42 Å². The zero-order valence-electron chi connectivity index (χ0n) is 22.1. The summed E-state index contributed by atoms with van der Waals surface area (Å²) in [5.74, 6) is 0.880. The van der Waals surface area contributed by atoms with Crippen molar-refractivity contribution in [2.75, 3.05) is 7.11 Å². The molecular weight excluding hydrogens is 510 g/mol. The third-order valence-electron chi connectivity index (χ3n) is 6.00. The topological polar surface area (TPSA) is 148 Å². The highest BCUT2D eigenvalue weighted by Crippen LogP contribution is 2.30. The molecule has 0 aliphatic heterocycles. The zero-order chi connectivity index (χ0) is 27.4. The van der Waals surface area contributed by atoms with Gasteiger partial charge >= 0.3 is 0 Å². The second kappa shape index (κ2) is 11.4. The van der Waals surface area contributed by atoms with Crippen molar-refractivity contribution in [3.63, 3.8) is 0 Å². The van der Waals surface area contributed by atoms with E-state index in [4.69, 9.17) is 14.0 Å². The van der Waals surface area contributed by atoms with Crippen LogP contribution in [0.4, 0.5) is 0 Å². The van der Waals surface area contributed by atoms with Gasteiger partial charge < -0.3 is 14.0 Å². The third kappa shape index (κ3) is 5.89. The molecule has 202 valence electrons. The summed E-state index contributed by atoms with van der Waals surface area (Å²) in [6.07, 6.45) is 3.62. The van der Waals surface area contributed by atoms with Crippen LogP contribution in [0, 0.1) is 6.92 Å². The zero-order valence-corrected chi connectivity index (χ0v) is 23.0. The molecule has 12 nitrogen and oxygen atoms in total. The predicted octanol–water partition coefficient (Wildman–Crippen LogP) is 3.51. The Kier molecular flexibility index (Phi) is 8.17. The van der Waals surface area contributed by atoms with Crippen LogP contribution in [0.15, 0.2) is 47.4 Å². The van der Waals surface area contributed by atoms with E-state index in [1.165, 1.54) is 13.4 Å². The van der Waals surface area contributed by atoms with Gasteiger partial charge in [0.1, 0.15) is 35.3 Å². The number of nitrogens with zero attached hydrogens (tertiary/aromatic N) is 7. The van der Waals surface area contributed by atoms with Gasteiger partial charge in [-0.25, -0.2) is 23.4 Å². The van der Waals surface area contributed by atoms with Crippen molar-refractivity contribution in [3.8, 4) is 17.4 Å². The van der Waals surface area contributed by atoms with Gasteiger partial charge in [0.15, 0.2) is 21.5 Å². The molecule has 0 amide bonds. The Balaban J connectivity index is 1.74. The molecule has 0 spiro atoms. The van der Waals surface area contributed by atoms with Crippen LogP contribution in [0.25, 0.3) is 11.5 Å². The summed E-state index contributed by atoms with van der Waals surface area (Å²) in [6.45, 7) is 8.99. The average molecular weight is 542 g/mol. The summed E-state index contributed by atoms with van der Waals surface area (Å²) in [4.78, 5) is 13.1. The molecular formula is C25H31N7O5S. The van der Waals surface area contributed by atoms with Gasteiger partial charge in [-0.05, 0) is 46.2 Å². The van der Waals surface area contributed by atoms with Crippen LogP contribution in [0.1, 0.15) is 62.7 Å². The van der Waals surface area contributed by atoms with Crippen molar-refractivity contribution in [3.05, 3.63) is 65.8 Å².